The summed E-state index contributed by atoms with van der Waals surface area (Å²) in [5, 5.41) is 3.78. The zero-order valence-corrected chi connectivity index (χ0v) is 24.9. The van der Waals surface area contributed by atoms with E-state index in [0.717, 1.165) is 54.0 Å². The molecular weight excluding hydrogens is 470 g/mol. The second-order valence-electron chi connectivity index (χ2n) is 14.1. The lowest BCUT2D eigenvalue weighted by molar-refractivity contribution is -0.0563. The number of hydrogen-bond acceptors (Lipinski definition) is 2. The number of fused-ring (bicyclic) bond motifs is 5. The third-order valence-corrected chi connectivity index (χ3v) is 11.8. The number of thiocarbonyl (C=S) groups is 1. The maximum Gasteiger partial charge on any atom is 0.261 e. The number of allylic oxidation sites excluding steroid dienone is 1. The first-order valence-corrected chi connectivity index (χ1v) is 15.8. The average Bonchev–Trinajstić information content (AvgIpc) is 3.22. The second-order valence-corrected chi connectivity index (χ2v) is 14.4. The van der Waals surface area contributed by atoms with E-state index in [9.17, 15) is 0 Å². The minimum atomic E-state index is 0.205. The van der Waals surface area contributed by atoms with Gasteiger partial charge in [-0.25, -0.2) is 0 Å². The average molecular weight is 522 g/mol. The third kappa shape index (κ3) is 5.41. The Labute approximate surface area is 232 Å². The van der Waals surface area contributed by atoms with Crippen LogP contribution in [0, 0.1) is 46.3 Å². The van der Waals surface area contributed by atoms with Gasteiger partial charge in [-0.1, -0.05) is 83.7 Å². The van der Waals surface area contributed by atoms with Crippen LogP contribution in [0.25, 0.3) is 0 Å². The molecule has 0 aromatic heterocycles. The molecule has 8 atom stereocenters. The summed E-state index contributed by atoms with van der Waals surface area (Å²) >= 11 is 5.57. The maximum absolute atomic E-state index is 6.28. The zero-order chi connectivity index (χ0) is 26.2. The lowest BCUT2D eigenvalue weighted by Crippen LogP contribution is -2.51. The van der Waals surface area contributed by atoms with Gasteiger partial charge in [0, 0.05) is 12.1 Å². The predicted molar refractivity (Wildman–Crippen MR) is 161 cm³/mol. The van der Waals surface area contributed by atoms with Crippen molar-refractivity contribution in [3.05, 3.63) is 42.0 Å². The van der Waals surface area contributed by atoms with Gasteiger partial charge in [0.05, 0.1) is 0 Å². The molecule has 4 aliphatic carbocycles. The fourth-order valence-corrected chi connectivity index (χ4v) is 9.83. The van der Waals surface area contributed by atoms with Gasteiger partial charge in [-0.3, -0.25) is 0 Å². The topological polar surface area (TPSA) is 21.3 Å². The lowest BCUT2D eigenvalue weighted by Gasteiger charge is -2.58. The number of anilines is 1. The monoisotopic (exact) mass is 521 g/mol. The van der Waals surface area contributed by atoms with Crippen LogP contribution >= 0.6 is 12.2 Å². The minimum Gasteiger partial charge on any atom is -0.467 e. The van der Waals surface area contributed by atoms with E-state index in [4.69, 9.17) is 17.0 Å². The van der Waals surface area contributed by atoms with Crippen molar-refractivity contribution in [3.63, 3.8) is 0 Å². The van der Waals surface area contributed by atoms with Gasteiger partial charge in [-0.15, -0.1) is 0 Å². The Kier molecular flexibility index (Phi) is 8.11. The van der Waals surface area contributed by atoms with Crippen molar-refractivity contribution >= 4 is 23.1 Å². The number of nitrogens with one attached hydrogen (secondary N) is 1. The maximum atomic E-state index is 6.28. The quantitative estimate of drug-likeness (QED) is 0.285. The molecule has 0 radical (unpaired) electrons. The molecule has 0 heterocycles. The summed E-state index contributed by atoms with van der Waals surface area (Å²) in [6.07, 6.45) is 17.6. The molecular formula is C34H51NOS. The summed E-state index contributed by atoms with van der Waals surface area (Å²) in [4.78, 5) is 0. The van der Waals surface area contributed by atoms with E-state index in [1.54, 1.807) is 5.57 Å². The first-order chi connectivity index (χ1) is 17.7. The molecule has 0 unspecified atom stereocenters. The summed E-state index contributed by atoms with van der Waals surface area (Å²) in [6, 6.07) is 10.1. The van der Waals surface area contributed by atoms with Crippen molar-refractivity contribution in [1.82, 2.24) is 0 Å². The number of ether oxygens (including phenoxy) is 1. The van der Waals surface area contributed by atoms with Gasteiger partial charge in [-0.2, -0.15) is 0 Å². The van der Waals surface area contributed by atoms with Crippen LogP contribution in [-0.4, -0.2) is 11.3 Å². The van der Waals surface area contributed by atoms with Gasteiger partial charge in [0.1, 0.15) is 6.10 Å². The molecule has 0 amide bonds. The largest absolute Gasteiger partial charge is 0.467 e. The summed E-state index contributed by atoms with van der Waals surface area (Å²) in [5.74, 6) is 5.34. The van der Waals surface area contributed by atoms with E-state index in [1.807, 2.05) is 30.3 Å². The summed E-state index contributed by atoms with van der Waals surface area (Å²) < 4.78 is 6.28. The van der Waals surface area contributed by atoms with Gasteiger partial charge in [0.15, 0.2) is 0 Å². The fraction of sp³-hybridized carbons (Fsp3) is 0.735. The molecule has 1 N–H and O–H groups in total. The molecule has 0 spiro atoms. The molecule has 1 aromatic carbocycles. The molecule has 0 saturated heterocycles. The van der Waals surface area contributed by atoms with E-state index in [1.165, 1.54) is 57.8 Å². The Balaban J connectivity index is 1.22. The van der Waals surface area contributed by atoms with Crippen molar-refractivity contribution in [1.29, 1.82) is 0 Å². The molecule has 4 aliphatic rings. The first kappa shape index (κ1) is 27.2. The van der Waals surface area contributed by atoms with Crippen LogP contribution in [0.3, 0.4) is 0 Å². The van der Waals surface area contributed by atoms with E-state index in [-0.39, 0.29) is 6.10 Å². The van der Waals surface area contributed by atoms with Crippen molar-refractivity contribution in [2.45, 2.75) is 111 Å². The van der Waals surface area contributed by atoms with Crippen LogP contribution in [0.4, 0.5) is 5.69 Å². The van der Waals surface area contributed by atoms with Crippen LogP contribution < -0.4 is 5.32 Å². The molecule has 3 saturated carbocycles. The van der Waals surface area contributed by atoms with E-state index in [0.29, 0.717) is 16.0 Å². The van der Waals surface area contributed by atoms with Crippen molar-refractivity contribution < 1.29 is 4.74 Å². The van der Waals surface area contributed by atoms with Crippen molar-refractivity contribution in [2.24, 2.45) is 46.3 Å². The van der Waals surface area contributed by atoms with Gasteiger partial charge in [-0.05, 0) is 116 Å². The third-order valence-electron chi connectivity index (χ3n) is 11.6. The summed E-state index contributed by atoms with van der Waals surface area (Å²) in [6.45, 7) is 12.6. The molecule has 2 nitrogen and oxygen atoms in total. The molecule has 5 rings (SSSR count). The Hall–Kier alpha value is -1.35. The van der Waals surface area contributed by atoms with Gasteiger partial charge in [0.2, 0.25) is 0 Å². The number of benzene rings is 1. The molecule has 3 fully saturated rings. The molecule has 0 bridgehead atoms. The highest BCUT2D eigenvalue weighted by atomic mass is 32.1. The standard InChI is InChI=1S/C34H51NOS/c1-23(2)10-9-11-24(3)29-16-17-30-28-15-14-25-22-27(36-32(37)35-26-12-7-6-8-13-26)18-20-33(25,4)31(28)19-21-34(29,30)5/h6-8,12-14,23-24,27-31H,9-11,15-22H2,1-5H3,(H,35,37)/t24-,27+,28+,29-,30+,31+,33+,34-/m1/s1. The predicted octanol–water partition coefficient (Wildman–Crippen LogP) is 9.81. The summed E-state index contributed by atoms with van der Waals surface area (Å²) in [7, 11) is 0. The van der Waals surface area contributed by atoms with Crippen LogP contribution in [-0.2, 0) is 4.74 Å². The smallest absolute Gasteiger partial charge is 0.261 e. The highest BCUT2D eigenvalue weighted by molar-refractivity contribution is 7.80. The highest BCUT2D eigenvalue weighted by Crippen LogP contribution is 2.67. The van der Waals surface area contributed by atoms with Crippen LogP contribution in [0.15, 0.2) is 42.0 Å². The van der Waals surface area contributed by atoms with E-state index in [2.05, 4.69) is 46.0 Å². The molecule has 0 aliphatic heterocycles. The first-order valence-electron chi connectivity index (χ1n) is 15.4. The Bertz CT molecular complexity index is 971. The van der Waals surface area contributed by atoms with Gasteiger partial charge >= 0.3 is 0 Å². The molecule has 3 heteroatoms. The van der Waals surface area contributed by atoms with Crippen molar-refractivity contribution in [3.8, 4) is 0 Å². The van der Waals surface area contributed by atoms with Gasteiger partial charge in [0.25, 0.3) is 5.17 Å². The van der Waals surface area contributed by atoms with Crippen LogP contribution in [0.5, 0.6) is 0 Å². The Morgan fingerprint density at radius 2 is 1.78 bits per heavy atom. The van der Waals surface area contributed by atoms with Crippen LogP contribution in [0.1, 0.15) is 105 Å². The Morgan fingerprint density at radius 3 is 2.54 bits per heavy atom. The summed E-state index contributed by atoms with van der Waals surface area (Å²) in [5.41, 5.74) is 3.60. The second kappa shape index (κ2) is 11.0. The zero-order valence-electron chi connectivity index (χ0n) is 24.1. The number of hydrogen-bond donors (Lipinski definition) is 1. The van der Waals surface area contributed by atoms with Gasteiger partial charge < -0.3 is 10.1 Å². The van der Waals surface area contributed by atoms with Crippen molar-refractivity contribution in [2.75, 3.05) is 5.32 Å². The SMILES string of the molecule is CC(C)CCC[C@@H](C)[C@H]1CC[C@H]2[C@@H]3CC=C4C[C@@H](OC(=S)Nc5ccccc5)CC[C@]4(C)[C@H]3CC[C@]12C. The highest BCUT2D eigenvalue weighted by Gasteiger charge is 2.59. The number of rotatable bonds is 7. The van der Waals surface area contributed by atoms with E-state index < -0.39 is 0 Å². The van der Waals surface area contributed by atoms with E-state index >= 15 is 0 Å². The molecule has 37 heavy (non-hydrogen) atoms. The number of para-hydroxylation sites is 1. The Morgan fingerprint density at radius 1 is 1.00 bits per heavy atom. The minimum absolute atomic E-state index is 0.205. The molecule has 204 valence electrons. The van der Waals surface area contributed by atoms with Crippen LogP contribution in [0.2, 0.25) is 0 Å². The lowest BCUT2D eigenvalue weighted by atomic mass is 9.47. The normalized spacial score (nSPS) is 37.7. The fourth-order valence-electron chi connectivity index (χ4n) is 9.57. The molecule has 1 aromatic rings.